The van der Waals surface area contributed by atoms with Crippen LogP contribution >= 0.6 is 27.3 Å². The molecule has 0 radical (unpaired) electrons. The second kappa shape index (κ2) is 6.71. The van der Waals surface area contributed by atoms with Crippen LogP contribution in [-0.2, 0) is 11.2 Å². The van der Waals surface area contributed by atoms with E-state index in [0.717, 1.165) is 11.0 Å². The highest BCUT2D eigenvalue weighted by molar-refractivity contribution is 9.10. The highest BCUT2D eigenvalue weighted by Crippen LogP contribution is 2.23. The number of methoxy groups -OCH3 is 1. The summed E-state index contributed by atoms with van der Waals surface area (Å²) in [6.07, 6.45) is 0.670. The molecule has 0 aliphatic carbocycles. The molecule has 0 aromatic carbocycles. The van der Waals surface area contributed by atoms with Crippen molar-refractivity contribution in [3.8, 4) is 0 Å². The van der Waals surface area contributed by atoms with Crippen LogP contribution < -0.4 is 5.32 Å². The van der Waals surface area contributed by atoms with Crippen LogP contribution in [-0.4, -0.2) is 37.5 Å². The predicted octanol–water partition coefficient (Wildman–Crippen LogP) is 2.04. The smallest absolute Gasteiger partial charge is 0.0791 e. The maximum absolute atomic E-state index is 10.2. The van der Waals surface area contributed by atoms with E-state index >= 15 is 0 Å². The summed E-state index contributed by atoms with van der Waals surface area (Å²) in [4.78, 5) is 1.19. The van der Waals surface area contributed by atoms with Gasteiger partial charge in [0.25, 0.3) is 0 Å². The molecule has 1 aromatic rings. The van der Waals surface area contributed by atoms with E-state index < -0.39 is 5.60 Å². The number of halogens is 1. The lowest BCUT2D eigenvalue weighted by Gasteiger charge is -2.23. The van der Waals surface area contributed by atoms with Gasteiger partial charge in [-0.3, -0.25) is 0 Å². The van der Waals surface area contributed by atoms with Gasteiger partial charge in [0.15, 0.2) is 0 Å². The normalized spacial score (nSPS) is 15.0. The Labute approximate surface area is 109 Å². The van der Waals surface area contributed by atoms with E-state index in [-0.39, 0.29) is 0 Å². The Morgan fingerprint density at radius 2 is 2.38 bits per heavy atom. The minimum atomic E-state index is -0.710. The van der Waals surface area contributed by atoms with Gasteiger partial charge in [0.05, 0.1) is 12.2 Å². The van der Waals surface area contributed by atoms with Crippen molar-refractivity contribution in [1.29, 1.82) is 0 Å². The van der Waals surface area contributed by atoms with Gasteiger partial charge in [0.2, 0.25) is 0 Å². The van der Waals surface area contributed by atoms with Crippen LogP contribution in [0.3, 0.4) is 0 Å². The first-order valence-electron chi connectivity index (χ1n) is 5.18. The van der Waals surface area contributed by atoms with Crippen molar-refractivity contribution in [2.75, 3.05) is 26.8 Å². The molecule has 1 unspecified atom stereocenters. The van der Waals surface area contributed by atoms with E-state index in [1.807, 2.05) is 18.4 Å². The van der Waals surface area contributed by atoms with Gasteiger partial charge in [-0.1, -0.05) is 0 Å². The second-order valence-corrected chi connectivity index (χ2v) is 5.99. The monoisotopic (exact) mass is 307 g/mol. The average molecular weight is 308 g/mol. The third kappa shape index (κ3) is 5.41. The summed E-state index contributed by atoms with van der Waals surface area (Å²) in [5, 5.41) is 15.4. The quantitative estimate of drug-likeness (QED) is 0.758. The molecule has 0 saturated heterocycles. The summed E-state index contributed by atoms with van der Waals surface area (Å²) in [7, 11) is 1.67. The fraction of sp³-hybridized carbons (Fsp3) is 0.636. The Morgan fingerprint density at radius 1 is 1.62 bits per heavy atom. The number of ether oxygens (including phenoxy) is 1. The molecule has 1 atom stereocenters. The lowest BCUT2D eigenvalue weighted by atomic mass is 10.0. The molecule has 92 valence electrons. The number of hydrogen-bond acceptors (Lipinski definition) is 4. The van der Waals surface area contributed by atoms with E-state index in [1.165, 1.54) is 4.88 Å². The number of rotatable bonds is 7. The molecule has 0 bridgehead atoms. The molecule has 16 heavy (non-hydrogen) atoms. The van der Waals surface area contributed by atoms with E-state index in [9.17, 15) is 5.11 Å². The van der Waals surface area contributed by atoms with Gasteiger partial charge in [-0.15, -0.1) is 11.3 Å². The van der Waals surface area contributed by atoms with Gasteiger partial charge < -0.3 is 15.2 Å². The molecule has 0 aliphatic heterocycles. The summed E-state index contributed by atoms with van der Waals surface area (Å²) in [6.45, 7) is 3.85. The maximum Gasteiger partial charge on any atom is 0.0791 e. The van der Waals surface area contributed by atoms with Crippen LogP contribution in [0.5, 0.6) is 0 Å². The van der Waals surface area contributed by atoms with Crippen molar-refractivity contribution >= 4 is 27.3 Å². The molecule has 0 amide bonds. The van der Waals surface area contributed by atoms with Gasteiger partial charge in [-0.05, 0) is 28.9 Å². The van der Waals surface area contributed by atoms with Crippen molar-refractivity contribution in [1.82, 2.24) is 5.32 Å². The van der Waals surface area contributed by atoms with Crippen LogP contribution in [0.1, 0.15) is 11.8 Å². The van der Waals surface area contributed by atoms with Crippen molar-refractivity contribution < 1.29 is 9.84 Å². The molecular formula is C11H18BrNO2S. The van der Waals surface area contributed by atoms with E-state index in [1.54, 1.807) is 18.4 Å². The lowest BCUT2D eigenvalue weighted by molar-refractivity contribution is 0.0589. The second-order valence-electron chi connectivity index (χ2n) is 4.07. The Bertz CT molecular complexity index is 315. The van der Waals surface area contributed by atoms with E-state index in [4.69, 9.17) is 4.74 Å². The first kappa shape index (κ1) is 14.1. The molecular weight excluding hydrogens is 290 g/mol. The fourth-order valence-corrected chi connectivity index (χ4v) is 3.05. The molecule has 1 aromatic heterocycles. The minimum Gasteiger partial charge on any atom is -0.388 e. The van der Waals surface area contributed by atoms with Crippen LogP contribution in [0, 0.1) is 0 Å². The summed E-state index contributed by atoms with van der Waals surface area (Å²) in [5.41, 5.74) is -0.710. The predicted molar refractivity (Wildman–Crippen MR) is 71.1 cm³/mol. The zero-order chi connectivity index (χ0) is 12.0. The highest BCUT2D eigenvalue weighted by atomic mass is 79.9. The van der Waals surface area contributed by atoms with E-state index in [2.05, 4.69) is 21.2 Å². The third-order valence-electron chi connectivity index (χ3n) is 2.17. The van der Waals surface area contributed by atoms with Gasteiger partial charge in [-0.25, -0.2) is 0 Å². The van der Waals surface area contributed by atoms with Gasteiger partial charge in [-0.2, -0.15) is 0 Å². The number of thiophene rings is 1. The van der Waals surface area contributed by atoms with Crippen molar-refractivity contribution in [3.05, 3.63) is 20.8 Å². The first-order valence-corrected chi connectivity index (χ1v) is 6.86. The van der Waals surface area contributed by atoms with Crippen LogP contribution in [0.4, 0.5) is 0 Å². The van der Waals surface area contributed by atoms with E-state index in [0.29, 0.717) is 19.6 Å². The molecule has 0 saturated carbocycles. The largest absolute Gasteiger partial charge is 0.388 e. The molecule has 5 heteroatoms. The summed E-state index contributed by atoms with van der Waals surface area (Å²) in [5.74, 6) is 0. The Balaban J connectivity index is 2.33. The first-order chi connectivity index (χ1) is 7.53. The molecule has 1 heterocycles. The van der Waals surface area contributed by atoms with Gasteiger partial charge in [0, 0.05) is 41.4 Å². The summed E-state index contributed by atoms with van der Waals surface area (Å²) in [6, 6.07) is 2.05. The highest BCUT2D eigenvalue weighted by Gasteiger charge is 2.21. The Kier molecular flexibility index (Phi) is 5.92. The Hall–Kier alpha value is 0.0600. The molecule has 0 aliphatic rings. The minimum absolute atomic E-state index is 0.575. The summed E-state index contributed by atoms with van der Waals surface area (Å²) >= 11 is 5.07. The average Bonchev–Trinajstić information content (AvgIpc) is 2.58. The fourth-order valence-electron chi connectivity index (χ4n) is 1.42. The summed E-state index contributed by atoms with van der Waals surface area (Å²) < 4.78 is 6.01. The van der Waals surface area contributed by atoms with Crippen LogP contribution in [0.2, 0.25) is 0 Å². The van der Waals surface area contributed by atoms with Crippen LogP contribution in [0.15, 0.2) is 15.9 Å². The zero-order valence-corrected chi connectivity index (χ0v) is 12.0. The van der Waals surface area contributed by atoms with Crippen LogP contribution in [0.25, 0.3) is 0 Å². The molecule has 1 rings (SSSR count). The number of hydrogen-bond donors (Lipinski definition) is 2. The zero-order valence-electron chi connectivity index (χ0n) is 9.62. The van der Waals surface area contributed by atoms with Crippen molar-refractivity contribution in [2.45, 2.75) is 18.9 Å². The number of aliphatic hydroxyl groups is 1. The van der Waals surface area contributed by atoms with Crippen molar-refractivity contribution in [2.24, 2.45) is 0 Å². The van der Waals surface area contributed by atoms with Crippen molar-refractivity contribution in [3.63, 3.8) is 0 Å². The topological polar surface area (TPSA) is 41.5 Å². The molecule has 0 fully saturated rings. The lowest BCUT2D eigenvalue weighted by Crippen LogP contribution is -2.40. The number of nitrogens with one attached hydrogen (secondary N) is 1. The maximum atomic E-state index is 10.2. The standard InChI is InChI=1S/C11H18BrNO2S/c1-11(14,8-13-3-4-15-2)6-10-5-9(12)7-16-10/h5,7,13-14H,3-4,6,8H2,1-2H3. The van der Waals surface area contributed by atoms with Gasteiger partial charge >= 0.3 is 0 Å². The third-order valence-corrected chi connectivity index (χ3v) is 3.86. The Morgan fingerprint density at radius 3 is 2.94 bits per heavy atom. The molecule has 2 N–H and O–H groups in total. The molecule has 0 spiro atoms. The SMILES string of the molecule is COCCNCC(C)(O)Cc1cc(Br)cs1. The van der Waals surface area contributed by atoms with Gasteiger partial charge in [0.1, 0.15) is 0 Å². The molecule has 3 nitrogen and oxygen atoms in total.